The van der Waals surface area contributed by atoms with Crippen LogP contribution in [0.25, 0.3) is 11.0 Å². The number of carbonyl (C=O) groups excluding carboxylic acids is 1. The average Bonchev–Trinajstić information content (AvgIpc) is 2.95. The Hall–Kier alpha value is -2.70. The monoisotopic (exact) mass is 271 g/mol. The largest absolute Gasteiger partial charge is 0.361 e. The number of hydrogen-bond donors (Lipinski definition) is 1. The molecule has 0 aliphatic rings. The molecule has 3 aromatic heterocycles. The molecule has 0 unspecified atom stereocenters. The molecule has 0 saturated heterocycles. The Balaban J connectivity index is 1.91. The molecule has 0 aliphatic carbocycles. The van der Waals surface area contributed by atoms with Gasteiger partial charge in [0.05, 0.1) is 17.6 Å². The topological polar surface area (TPSA) is 85.8 Å². The Labute approximate surface area is 114 Å². The predicted molar refractivity (Wildman–Crippen MR) is 72.4 cm³/mol. The number of carbonyl (C=O) groups is 1. The highest BCUT2D eigenvalue weighted by molar-refractivity contribution is 6.03. The number of hydrogen-bond acceptors (Lipinski definition) is 5. The molecule has 0 bridgehead atoms. The predicted octanol–water partition coefficient (Wildman–Crippen LogP) is 1.83. The van der Waals surface area contributed by atoms with E-state index in [0.717, 1.165) is 16.7 Å². The molecule has 0 aliphatic heterocycles. The molecule has 3 rings (SSSR count). The molecule has 3 aromatic rings. The second-order valence-corrected chi connectivity index (χ2v) is 4.58. The lowest BCUT2D eigenvalue weighted by Gasteiger charge is -2.02. The van der Waals surface area contributed by atoms with Gasteiger partial charge in [0.2, 0.25) is 0 Å². The zero-order valence-corrected chi connectivity index (χ0v) is 11.3. The number of anilines is 1. The fourth-order valence-corrected chi connectivity index (χ4v) is 2.04. The maximum absolute atomic E-state index is 12.0. The molecule has 0 spiro atoms. The van der Waals surface area contributed by atoms with Gasteiger partial charge >= 0.3 is 0 Å². The van der Waals surface area contributed by atoms with Gasteiger partial charge in [0.25, 0.3) is 5.91 Å². The Bertz CT molecular complexity index is 802. The molecular weight excluding hydrogens is 258 g/mol. The van der Waals surface area contributed by atoms with Crippen molar-refractivity contribution in [2.75, 3.05) is 5.32 Å². The maximum Gasteiger partial charge on any atom is 0.277 e. The summed E-state index contributed by atoms with van der Waals surface area (Å²) in [5.41, 5.74) is 2.48. The normalized spacial score (nSPS) is 10.9. The van der Waals surface area contributed by atoms with Crippen LogP contribution in [0, 0.1) is 13.8 Å². The molecule has 1 N–H and O–H groups in total. The Morgan fingerprint density at radius 2 is 2.15 bits per heavy atom. The van der Waals surface area contributed by atoms with Gasteiger partial charge in [-0.15, -0.1) is 0 Å². The van der Waals surface area contributed by atoms with E-state index in [1.165, 1.54) is 0 Å². The van der Waals surface area contributed by atoms with Crippen molar-refractivity contribution in [1.82, 2.24) is 19.9 Å². The Morgan fingerprint density at radius 3 is 2.85 bits per heavy atom. The van der Waals surface area contributed by atoms with Crippen LogP contribution in [-0.4, -0.2) is 25.8 Å². The van der Waals surface area contributed by atoms with Crippen molar-refractivity contribution in [3.63, 3.8) is 0 Å². The van der Waals surface area contributed by atoms with Gasteiger partial charge < -0.3 is 9.84 Å². The van der Waals surface area contributed by atoms with E-state index >= 15 is 0 Å². The van der Waals surface area contributed by atoms with Crippen molar-refractivity contribution in [1.29, 1.82) is 0 Å². The van der Waals surface area contributed by atoms with Crippen LogP contribution in [0.1, 0.15) is 21.9 Å². The van der Waals surface area contributed by atoms with E-state index in [9.17, 15) is 4.79 Å². The second-order valence-electron chi connectivity index (χ2n) is 4.58. The van der Waals surface area contributed by atoms with Crippen LogP contribution < -0.4 is 5.32 Å². The fraction of sp³-hybridized carbons (Fsp3) is 0.231. The summed E-state index contributed by atoms with van der Waals surface area (Å²) in [5, 5.41) is 11.6. The summed E-state index contributed by atoms with van der Waals surface area (Å²) in [6.45, 7) is 3.63. The number of fused-ring (bicyclic) bond motifs is 1. The molecule has 0 atom stereocenters. The average molecular weight is 271 g/mol. The van der Waals surface area contributed by atoms with Crippen molar-refractivity contribution >= 4 is 22.6 Å². The third-order valence-corrected chi connectivity index (χ3v) is 2.98. The summed E-state index contributed by atoms with van der Waals surface area (Å²) in [6.07, 6.45) is 1.59. The molecule has 20 heavy (non-hydrogen) atoms. The van der Waals surface area contributed by atoms with Crippen molar-refractivity contribution in [3.8, 4) is 0 Å². The first-order valence-corrected chi connectivity index (χ1v) is 6.08. The van der Waals surface area contributed by atoms with Gasteiger partial charge in [-0.25, -0.2) is 4.98 Å². The Morgan fingerprint density at radius 1 is 1.35 bits per heavy atom. The van der Waals surface area contributed by atoms with Gasteiger partial charge in [-0.2, -0.15) is 5.10 Å². The molecule has 0 aromatic carbocycles. The zero-order valence-electron chi connectivity index (χ0n) is 11.3. The van der Waals surface area contributed by atoms with Crippen LogP contribution in [0.4, 0.5) is 5.69 Å². The molecule has 7 nitrogen and oxygen atoms in total. The molecule has 0 radical (unpaired) electrons. The summed E-state index contributed by atoms with van der Waals surface area (Å²) in [5.74, 6) is 0.261. The van der Waals surface area contributed by atoms with Gasteiger partial charge in [0, 0.05) is 18.5 Å². The van der Waals surface area contributed by atoms with Crippen LogP contribution >= 0.6 is 0 Å². The molecule has 1 amide bonds. The van der Waals surface area contributed by atoms with Crippen LogP contribution in [0.2, 0.25) is 0 Å². The standard InChI is InChI=1S/C13H13N5O2/c1-7-4-11(17-20-7)13(19)15-9-5-10-8(2)16-18(3)12(10)14-6-9/h4-6H,1-3H3,(H,15,19). The summed E-state index contributed by atoms with van der Waals surface area (Å²) in [6, 6.07) is 3.42. The lowest BCUT2D eigenvalue weighted by molar-refractivity contribution is 0.101. The molecule has 7 heteroatoms. The summed E-state index contributed by atoms with van der Waals surface area (Å²) >= 11 is 0. The van der Waals surface area contributed by atoms with Crippen LogP contribution in [-0.2, 0) is 7.05 Å². The minimum atomic E-state index is -0.329. The van der Waals surface area contributed by atoms with Crippen molar-refractivity contribution in [2.24, 2.45) is 7.05 Å². The number of aromatic nitrogens is 4. The molecule has 102 valence electrons. The quantitative estimate of drug-likeness (QED) is 0.768. The summed E-state index contributed by atoms with van der Waals surface area (Å²) in [7, 11) is 1.83. The first-order chi connectivity index (χ1) is 9.54. The van der Waals surface area contributed by atoms with E-state index < -0.39 is 0 Å². The van der Waals surface area contributed by atoms with E-state index in [2.05, 4.69) is 20.6 Å². The van der Waals surface area contributed by atoms with E-state index in [1.54, 1.807) is 23.9 Å². The number of rotatable bonds is 2. The summed E-state index contributed by atoms with van der Waals surface area (Å²) in [4.78, 5) is 16.3. The second kappa shape index (κ2) is 4.44. The Kier molecular flexibility index (Phi) is 2.74. The minimum Gasteiger partial charge on any atom is -0.361 e. The van der Waals surface area contributed by atoms with Crippen molar-refractivity contribution in [2.45, 2.75) is 13.8 Å². The van der Waals surface area contributed by atoms with Crippen LogP contribution in [0.15, 0.2) is 22.9 Å². The molecular formula is C13H13N5O2. The van der Waals surface area contributed by atoms with E-state index in [4.69, 9.17) is 4.52 Å². The van der Waals surface area contributed by atoms with Gasteiger partial charge in [-0.3, -0.25) is 9.48 Å². The minimum absolute atomic E-state index is 0.241. The fourth-order valence-electron chi connectivity index (χ4n) is 2.04. The maximum atomic E-state index is 12.0. The number of aryl methyl sites for hydroxylation is 3. The SMILES string of the molecule is Cc1cc(C(=O)Nc2cnc3c(c2)c(C)nn3C)no1. The van der Waals surface area contributed by atoms with Gasteiger partial charge in [0.15, 0.2) is 11.3 Å². The number of amides is 1. The molecule has 0 saturated carbocycles. The first-order valence-electron chi connectivity index (χ1n) is 6.08. The highest BCUT2D eigenvalue weighted by atomic mass is 16.5. The molecule has 3 heterocycles. The highest BCUT2D eigenvalue weighted by Gasteiger charge is 2.13. The first kappa shape index (κ1) is 12.3. The molecule has 0 fully saturated rings. The smallest absolute Gasteiger partial charge is 0.277 e. The van der Waals surface area contributed by atoms with Crippen molar-refractivity contribution in [3.05, 3.63) is 35.5 Å². The number of pyridine rings is 1. The van der Waals surface area contributed by atoms with Gasteiger partial charge in [-0.05, 0) is 19.9 Å². The van der Waals surface area contributed by atoms with Crippen molar-refractivity contribution < 1.29 is 9.32 Å². The van der Waals surface area contributed by atoms with E-state index in [-0.39, 0.29) is 11.6 Å². The number of nitrogens with one attached hydrogen (secondary N) is 1. The van der Waals surface area contributed by atoms with Crippen LogP contribution in [0.3, 0.4) is 0 Å². The third kappa shape index (κ3) is 2.03. The summed E-state index contributed by atoms with van der Waals surface area (Å²) < 4.78 is 6.58. The lowest BCUT2D eigenvalue weighted by Crippen LogP contribution is -2.12. The van der Waals surface area contributed by atoms with Crippen LogP contribution in [0.5, 0.6) is 0 Å². The zero-order chi connectivity index (χ0) is 14.3. The van der Waals surface area contributed by atoms with E-state index in [0.29, 0.717) is 11.4 Å². The third-order valence-electron chi connectivity index (χ3n) is 2.98. The lowest BCUT2D eigenvalue weighted by atomic mass is 10.2. The van der Waals surface area contributed by atoms with E-state index in [1.807, 2.05) is 20.0 Å². The number of nitrogens with zero attached hydrogens (tertiary/aromatic N) is 4. The highest BCUT2D eigenvalue weighted by Crippen LogP contribution is 2.19. The van der Waals surface area contributed by atoms with Gasteiger partial charge in [0.1, 0.15) is 5.76 Å². The van der Waals surface area contributed by atoms with Gasteiger partial charge in [-0.1, -0.05) is 5.16 Å².